The van der Waals surface area contributed by atoms with Crippen LogP contribution in [0.5, 0.6) is 0 Å². The SMILES string of the molecule is c1ccc(-c2ccc3c4c(cccc24)-c2ccc(-c4nc(-c5ccc6oc7ccccc7c6c5)c5ccccc5n4)cc2S3)cc1. The van der Waals surface area contributed by atoms with Gasteiger partial charge >= 0.3 is 0 Å². The van der Waals surface area contributed by atoms with E-state index in [1.54, 1.807) is 0 Å². The van der Waals surface area contributed by atoms with Gasteiger partial charge in [-0.2, -0.15) is 0 Å². The quantitative estimate of drug-likeness (QED) is 0.201. The topological polar surface area (TPSA) is 38.9 Å². The van der Waals surface area contributed by atoms with E-state index >= 15 is 0 Å². The molecule has 2 aromatic heterocycles. The second kappa shape index (κ2) is 9.90. The molecule has 0 radical (unpaired) electrons. The van der Waals surface area contributed by atoms with Crippen molar-refractivity contribution in [2.24, 2.45) is 0 Å². The zero-order valence-electron chi connectivity index (χ0n) is 24.6. The predicted molar refractivity (Wildman–Crippen MR) is 190 cm³/mol. The molecule has 0 spiro atoms. The molecule has 0 aliphatic carbocycles. The Hall–Kier alpha value is -5.71. The Bertz CT molecular complexity index is 2680. The molecular formula is C42H24N2OS. The van der Waals surface area contributed by atoms with Crippen molar-refractivity contribution >= 4 is 55.4 Å². The molecular weight excluding hydrogens is 581 g/mol. The van der Waals surface area contributed by atoms with E-state index in [9.17, 15) is 0 Å². The predicted octanol–water partition coefficient (Wildman–Crippen LogP) is 11.8. The van der Waals surface area contributed by atoms with Crippen LogP contribution in [0.2, 0.25) is 0 Å². The van der Waals surface area contributed by atoms with Gasteiger partial charge in [-0.3, -0.25) is 0 Å². The molecule has 46 heavy (non-hydrogen) atoms. The first-order chi connectivity index (χ1) is 22.8. The summed E-state index contributed by atoms with van der Waals surface area (Å²) in [6.45, 7) is 0. The molecule has 1 aliphatic rings. The van der Waals surface area contributed by atoms with E-state index in [4.69, 9.17) is 14.4 Å². The maximum atomic E-state index is 6.12. The molecule has 3 nitrogen and oxygen atoms in total. The molecule has 0 saturated heterocycles. The van der Waals surface area contributed by atoms with Crippen LogP contribution in [0.15, 0.2) is 160 Å². The zero-order chi connectivity index (χ0) is 30.2. The summed E-state index contributed by atoms with van der Waals surface area (Å²) < 4.78 is 6.12. The molecule has 0 unspecified atom stereocenters. The molecule has 9 aromatic rings. The van der Waals surface area contributed by atoms with Gasteiger partial charge in [0, 0.05) is 42.5 Å². The number of hydrogen-bond donors (Lipinski definition) is 0. The van der Waals surface area contributed by atoms with Crippen LogP contribution in [0.1, 0.15) is 0 Å². The van der Waals surface area contributed by atoms with E-state index in [0.29, 0.717) is 0 Å². The van der Waals surface area contributed by atoms with E-state index in [0.717, 1.165) is 55.5 Å². The van der Waals surface area contributed by atoms with Gasteiger partial charge in [-0.25, -0.2) is 9.97 Å². The summed E-state index contributed by atoms with van der Waals surface area (Å²) in [7, 11) is 0. The third-order valence-corrected chi connectivity index (χ3v) is 10.2. The number of hydrogen-bond acceptors (Lipinski definition) is 4. The molecule has 214 valence electrons. The van der Waals surface area contributed by atoms with E-state index in [1.807, 2.05) is 30.0 Å². The van der Waals surface area contributed by atoms with Gasteiger partial charge in [0.1, 0.15) is 11.2 Å². The number of benzene rings is 7. The lowest BCUT2D eigenvalue weighted by molar-refractivity contribution is 0.669. The lowest BCUT2D eigenvalue weighted by Gasteiger charge is -2.22. The van der Waals surface area contributed by atoms with Gasteiger partial charge in [0.15, 0.2) is 5.82 Å². The van der Waals surface area contributed by atoms with Gasteiger partial charge in [-0.05, 0) is 70.1 Å². The van der Waals surface area contributed by atoms with Crippen LogP contribution >= 0.6 is 11.8 Å². The van der Waals surface area contributed by atoms with Crippen molar-refractivity contribution in [1.29, 1.82) is 0 Å². The molecule has 10 rings (SSSR count). The largest absolute Gasteiger partial charge is 0.456 e. The average molecular weight is 605 g/mol. The maximum Gasteiger partial charge on any atom is 0.160 e. The third kappa shape index (κ3) is 3.87. The van der Waals surface area contributed by atoms with Crippen LogP contribution < -0.4 is 0 Å². The summed E-state index contributed by atoms with van der Waals surface area (Å²) in [4.78, 5) is 12.8. The van der Waals surface area contributed by atoms with Gasteiger partial charge in [-0.1, -0.05) is 115 Å². The number of aromatic nitrogens is 2. The Morgan fingerprint density at radius 2 is 1.20 bits per heavy atom. The minimum atomic E-state index is 0.720. The van der Waals surface area contributed by atoms with Crippen LogP contribution in [0.4, 0.5) is 0 Å². The van der Waals surface area contributed by atoms with Crippen LogP contribution in [-0.2, 0) is 0 Å². The van der Waals surface area contributed by atoms with Gasteiger partial charge < -0.3 is 4.42 Å². The van der Waals surface area contributed by atoms with Crippen molar-refractivity contribution < 1.29 is 4.42 Å². The monoisotopic (exact) mass is 604 g/mol. The highest BCUT2D eigenvalue weighted by Gasteiger charge is 2.22. The van der Waals surface area contributed by atoms with Crippen molar-refractivity contribution in [1.82, 2.24) is 9.97 Å². The Morgan fingerprint density at radius 3 is 2.13 bits per heavy atom. The number of rotatable bonds is 3. The summed E-state index contributed by atoms with van der Waals surface area (Å²) in [5, 5.41) is 5.83. The molecule has 0 saturated carbocycles. The first-order valence-electron chi connectivity index (χ1n) is 15.4. The van der Waals surface area contributed by atoms with Crippen LogP contribution in [-0.4, -0.2) is 9.97 Å². The fraction of sp³-hybridized carbons (Fsp3) is 0. The summed E-state index contributed by atoms with van der Waals surface area (Å²) in [5.41, 5.74) is 10.7. The molecule has 0 N–H and O–H groups in total. The van der Waals surface area contributed by atoms with E-state index < -0.39 is 0 Å². The van der Waals surface area contributed by atoms with Gasteiger partial charge in [-0.15, -0.1) is 0 Å². The van der Waals surface area contributed by atoms with Crippen molar-refractivity contribution in [2.45, 2.75) is 9.79 Å². The zero-order valence-corrected chi connectivity index (χ0v) is 25.4. The lowest BCUT2D eigenvalue weighted by atomic mass is 9.92. The van der Waals surface area contributed by atoms with Crippen LogP contribution in [0.25, 0.3) is 88.5 Å². The highest BCUT2D eigenvalue weighted by molar-refractivity contribution is 7.99. The minimum Gasteiger partial charge on any atom is -0.456 e. The van der Waals surface area contributed by atoms with E-state index in [-0.39, 0.29) is 0 Å². The first kappa shape index (κ1) is 25.6. The standard InChI is InChI=1S/C42H24N2OS/c1-2-9-25(10-3-1)28-20-22-38-40-31(28)13-8-14-32(40)30-19-17-27(24-39(30)46-38)42-43-35-15-6-4-12-33(35)41(44-42)26-18-21-37-34(23-26)29-11-5-7-16-36(29)45-37/h1-24H. The summed E-state index contributed by atoms with van der Waals surface area (Å²) in [6, 6.07) is 51.4. The lowest BCUT2D eigenvalue weighted by Crippen LogP contribution is -1.97. The fourth-order valence-corrected chi connectivity index (χ4v) is 8.11. The number of nitrogens with zero attached hydrogens (tertiary/aromatic N) is 2. The smallest absolute Gasteiger partial charge is 0.160 e. The molecule has 7 aromatic carbocycles. The highest BCUT2D eigenvalue weighted by atomic mass is 32.2. The summed E-state index contributed by atoms with van der Waals surface area (Å²) >= 11 is 1.83. The molecule has 0 amide bonds. The number of fused-ring (bicyclic) bond motifs is 6. The van der Waals surface area contributed by atoms with Crippen LogP contribution in [0.3, 0.4) is 0 Å². The maximum absolute atomic E-state index is 6.12. The second-order valence-corrected chi connectivity index (χ2v) is 12.8. The van der Waals surface area contributed by atoms with Gasteiger partial charge in [0.2, 0.25) is 0 Å². The second-order valence-electron chi connectivity index (χ2n) is 11.7. The molecule has 0 atom stereocenters. The van der Waals surface area contributed by atoms with Gasteiger partial charge in [0.25, 0.3) is 0 Å². The molecule has 0 fully saturated rings. The van der Waals surface area contributed by atoms with Crippen molar-refractivity contribution in [3.8, 4) is 44.9 Å². The Morgan fingerprint density at radius 1 is 0.435 bits per heavy atom. The van der Waals surface area contributed by atoms with Crippen molar-refractivity contribution in [2.75, 3.05) is 0 Å². The number of para-hydroxylation sites is 2. The van der Waals surface area contributed by atoms with E-state index in [2.05, 4.69) is 127 Å². The highest BCUT2D eigenvalue weighted by Crippen LogP contribution is 2.50. The van der Waals surface area contributed by atoms with E-state index in [1.165, 1.54) is 42.8 Å². The first-order valence-corrected chi connectivity index (χ1v) is 16.2. The Kier molecular flexibility index (Phi) is 5.51. The summed E-state index contributed by atoms with van der Waals surface area (Å²) in [6.07, 6.45) is 0. The molecule has 1 aliphatic heterocycles. The third-order valence-electron chi connectivity index (χ3n) is 9.09. The normalized spacial score (nSPS) is 12.3. The Balaban J connectivity index is 1.12. The average Bonchev–Trinajstić information content (AvgIpc) is 3.49. The fourth-order valence-electron chi connectivity index (χ4n) is 6.94. The van der Waals surface area contributed by atoms with Gasteiger partial charge in [0.05, 0.1) is 11.2 Å². The molecule has 0 bridgehead atoms. The Labute approximate surface area is 269 Å². The molecule has 3 heterocycles. The van der Waals surface area contributed by atoms with Crippen molar-refractivity contribution in [3.63, 3.8) is 0 Å². The summed E-state index contributed by atoms with van der Waals surface area (Å²) in [5.74, 6) is 0.720. The van der Waals surface area contributed by atoms with Crippen molar-refractivity contribution in [3.05, 3.63) is 146 Å². The minimum absolute atomic E-state index is 0.720. The van der Waals surface area contributed by atoms with Crippen LogP contribution in [0, 0.1) is 0 Å². The molecule has 4 heteroatoms. The number of furan rings is 1.